The molecule has 1 nitrogen and oxygen atoms in total. The van der Waals surface area contributed by atoms with Gasteiger partial charge < -0.3 is 5.11 Å². The highest BCUT2D eigenvalue weighted by molar-refractivity contribution is 9.14. The molecule has 0 spiro atoms. The van der Waals surface area contributed by atoms with Gasteiger partial charge in [0.05, 0.1) is 4.83 Å². The van der Waals surface area contributed by atoms with Crippen molar-refractivity contribution in [3.05, 3.63) is 0 Å². The summed E-state index contributed by atoms with van der Waals surface area (Å²) in [5.41, 5.74) is 0. The number of aliphatic hydroxyl groups is 1. The highest BCUT2D eigenvalue weighted by atomic mass is 79.9. The van der Waals surface area contributed by atoms with Crippen LogP contribution in [0.2, 0.25) is 0 Å². The van der Waals surface area contributed by atoms with E-state index < -0.39 is 5.01 Å². The summed E-state index contributed by atoms with van der Waals surface area (Å²) < 4.78 is 0. The zero-order valence-electron chi connectivity index (χ0n) is 4.40. The molecule has 0 heterocycles. The highest BCUT2D eigenvalue weighted by Gasteiger charge is 2.20. The van der Waals surface area contributed by atoms with Crippen LogP contribution in [-0.2, 0) is 0 Å². The van der Waals surface area contributed by atoms with Gasteiger partial charge in [-0.05, 0) is 0 Å². The average Bonchev–Trinajstić information content (AvgIpc) is 1.84. The van der Waals surface area contributed by atoms with Crippen molar-refractivity contribution in [2.24, 2.45) is 0 Å². The highest BCUT2D eigenvalue weighted by Crippen LogP contribution is 2.22. The summed E-state index contributed by atoms with van der Waals surface area (Å²) in [5, 5.41) is 9.25. The minimum atomic E-state index is -0.501. The van der Waals surface area contributed by atoms with E-state index in [2.05, 4.69) is 63.7 Å². The Kier molecular flexibility index (Phi) is 6.67. The van der Waals surface area contributed by atoms with Gasteiger partial charge in [0.15, 0.2) is 0 Å². The molecule has 0 rings (SSSR count). The number of hydrogen-bond acceptors (Lipinski definition) is 1. The molecule has 0 aromatic carbocycles. The zero-order valence-corrected chi connectivity index (χ0v) is 10.7. The fourth-order valence-electron chi connectivity index (χ4n) is 0.257. The normalized spacial score (nSPS) is 21.0. The van der Waals surface area contributed by atoms with Gasteiger partial charge in [0.25, 0.3) is 0 Å². The smallest absolute Gasteiger partial charge is 0.122 e. The van der Waals surface area contributed by atoms with Crippen molar-refractivity contribution in [3.8, 4) is 0 Å². The first-order valence-electron chi connectivity index (χ1n) is 2.26. The van der Waals surface area contributed by atoms with Crippen molar-refractivity contribution in [2.75, 3.05) is 5.33 Å². The van der Waals surface area contributed by atoms with E-state index in [1.54, 1.807) is 0 Å². The van der Waals surface area contributed by atoms with Crippen LogP contribution in [0.3, 0.4) is 0 Å². The molecule has 1 N–H and O–H groups in total. The maximum atomic E-state index is 8.94. The van der Waals surface area contributed by atoms with Gasteiger partial charge in [0, 0.05) is 10.2 Å². The van der Waals surface area contributed by atoms with Gasteiger partial charge in [-0.1, -0.05) is 63.7 Å². The molecule has 0 bridgehead atoms. The second-order valence-corrected chi connectivity index (χ2v) is 5.31. The lowest BCUT2D eigenvalue weighted by atomic mass is 10.4. The van der Waals surface area contributed by atoms with Gasteiger partial charge in [-0.15, -0.1) is 0 Å². The summed E-state index contributed by atoms with van der Waals surface area (Å²) in [6, 6.07) is 0. The van der Waals surface area contributed by atoms with E-state index in [9.17, 15) is 0 Å². The van der Waals surface area contributed by atoms with Gasteiger partial charge in [-0.3, -0.25) is 0 Å². The minimum Gasteiger partial charge on any atom is -0.381 e. The van der Waals surface area contributed by atoms with Crippen LogP contribution < -0.4 is 0 Å². The van der Waals surface area contributed by atoms with Crippen LogP contribution in [0, 0.1) is 0 Å². The number of halogens is 4. The molecule has 9 heavy (non-hydrogen) atoms. The van der Waals surface area contributed by atoms with E-state index in [4.69, 9.17) is 5.11 Å². The van der Waals surface area contributed by atoms with Crippen LogP contribution in [0.25, 0.3) is 0 Å². The molecule has 0 aliphatic rings. The Labute approximate surface area is 88.1 Å². The Morgan fingerprint density at radius 1 is 1.22 bits per heavy atom. The number of alkyl halides is 4. The van der Waals surface area contributed by atoms with Crippen LogP contribution in [0.15, 0.2) is 0 Å². The molecule has 0 aliphatic heterocycles. The van der Waals surface area contributed by atoms with Crippen molar-refractivity contribution in [1.82, 2.24) is 0 Å². The van der Waals surface area contributed by atoms with Gasteiger partial charge in [-0.2, -0.15) is 0 Å². The lowest BCUT2D eigenvalue weighted by Crippen LogP contribution is -2.24. The van der Waals surface area contributed by atoms with Crippen LogP contribution >= 0.6 is 63.7 Å². The lowest BCUT2D eigenvalue weighted by molar-refractivity contribution is 0.269. The summed E-state index contributed by atoms with van der Waals surface area (Å²) in [6.45, 7) is 0. The van der Waals surface area contributed by atoms with Gasteiger partial charge in [0.2, 0.25) is 0 Å². The van der Waals surface area contributed by atoms with E-state index >= 15 is 0 Å². The molecular formula is C4H6Br4O. The molecule has 3 unspecified atom stereocenters. The molecule has 3 atom stereocenters. The Hall–Kier alpha value is 1.88. The Bertz CT molecular complexity index is 77.0. The molecule has 0 radical (unpaired) electrons. The summed E-state index contributed by atoms with van der Waals surface area (Å²) in [5.74, 6) is 0. The largest absolute Gasteiger partial charge is 0.381 e. The topological polar surface area (TPSA) is 20.2 Å². The first-order valence-corrected chi connectivity index (χ1v) is 6.12. The third-order valence-corrected chi connectivity index (χ3v) is 6.34. The van der Waals surface area contributed by atoms with Crippen molar-refractivity contribution in [2.45, 2.75) is 14.7 Å². The summed E-state index contributed by atoms with van der Waals surface area (Å²) in [6.07, 6.45) is 0. The minimum absolute atomic E-state index is 0.0388. The summed E-state index contributed by atoms with van der Waals surface area (Å²) >= 11 is 13.0. The molecule has 0 aromatic rings. The lowest BCUT2D eigenvalue weighted by Gasteiger charge is -2.14. The van der Waals surface area contributed by atoms with Crippen molar-refractivity contribution in [3.63, 3.8) is 0 Å². The maximum Gasteiger partial charge on any atom is 0.122 e. The van der Waals surface area contributed by atoms with Crippen LogP contribution in [-0.4, -0.2) is 25.1 Å². The first-order chi connectivity index (χ1) is 4.09. The van der Waals surface area contributed by atoms with Gasteiger partial charge >= 0.3 is 0 Å². The molecule has 0 aromatic heterocycles. The van der Waals surface area contributed by atoms with Gasteiger partial charge in [0.1, 0.15) is 5.01 Å². The number of hydrogen-bond donors (Lipinski definition) is 1. The maximum absolute atomic E-state index is 8.94. The van der Waals surface area contributed by atoms with Crippen molar-refractivity contribution >= 4 is 63.7 Å². The predicted molar refractivity (Wildman–Crippen MR) is 54.2 cm³/mol. The summed E-state index contributed by atoms with van der Waals surface area (Å²) in [4.78, 5) is 0.281. The Balaban J connectivity index is 3.58. The summed E-state index contributed by atoms with van der Waals surface area (Å²) in [7, 11) is 0. The molecule has 0 fully saturated rings. The van der Waals surface area contributed by atoms with E-state index in [1.807, 2.05) is 0 Å². The van der Waals surface area contributed by atoms with E-state index in [0.29, 0.717) is 0 Å². The third kappa shape index (κ3) is 4.35. The Morgan fingerprint density at radius 2 is 1.67 bits per heavy atom. The number of rotatable bonds is 3. The van der Waals surface area contributed by atoms with Gasteiger partial charge in [-0.25, -0.2) is 0 Å². The molecule has 0 amide bonds. The van der Waals surface area contributed by atoms with Crippen LogP contribution in [0.1, 0.15) is 0 Å². The fraction of sp³-hybridized carbons (Fsp3) is 1.00. The molecule has 0 saturated heterocycles. The average molecular weight is 390 g/mol. The number of aliphatic hydroxyl groups excluding tert-OH is 1. The monoisotopic (exact) mass is 386 g/mol. The molecule has 56 valence electrons. The molecule has 5 heteroatoms. The van der Waals surface area contributed by atoms with Crippen molar-refractivity contribution < 1.29 is 5.11 Å². The van der Waals surface area contributed by atoms with E-state index in [0.717, 1.165) is 5.33 Å². The second-order valence-electron chi connectivity index (χ2n) is 1.49. The quantitative estimate of drug-likeness (QED) is 0.736. The molecule has 0 aliphatic carbocycles. The van der Waals surface area contributed by atoms with E-state index in [1.165, 1.54) is 0 Å². The first kappa shape index (κ1) is 10.9. The van der Waals surface area contributed by atoms with Crippen LogP contribution in [0.4, 0.5) is 0 Å². The molecular weight excluding hydrogens is 384 g/mol. The Morgan fingerprint density at radius 3 is 1.78 bits per heavy atom. The zero-order chi connectivity index (χ0) is 7.44. The van der Waals surface area contributed by atoms with E-state index in [-0.39, 0.29) is 9.65 Å². The second kappa shape index (κ2) is 5.52. The predicted octanol–water partition coefficient (Wildman–Crippen LogP) is 2.62. The SMILES string of the molecule is OC(Br)C(Br)C(Br)CBr. The van der Waals surface area contributed by atoms with Crippen molar-refractivity contribution in [1.29, 1.82) is 0 Å². The van der Waals surface area contributed by atoms with Crippen LogP contribution in [0.5, 0.6) is 0 Å². The standard InChI is InChI=1S/C4H6Br4O/c5-1-2(6)3(7)4(8)9/h2-4,9H,1H2. The third-order valence-electron chi connectivity index (χ3n) is 0.756. The molecule has 0 saturated carbocycles. The fourth-order valence-corrected chi connectivity index (χ4v) is 2.42.